The maximum Gasteiger partial charge on any atom is 0.335 e. The lowest BCUT2D eigenvalue weighted by molar-refractivity contribution is -0.165. The summed E-state index contributed by atoms with van der Waals surface area (Å²) in [7, 11) is 0. The monoisotopic (exact) mass is 577 g/mol. The Morgan fingerprint density at radius 3 is 1.62 bits per heavy atom. The fraction of sp³-hybridized carbons (Fsp3) is 0.323. The Hall–Kier alpha value is -4.13. The predicted molar refractivity (Wildman–Crippen MR) is 152 cm³/mol. The van der Waals surface area contributed by atoms with Gasteiger partial charge >= 0.3 is 11.9 Å². The van der Waals surface area contributed by atoms with Crippen LogP contribution in [0, 0.1) is 11.8 Å². The second-order valence-corrected chi connectivity index (χ2v) is 10.4. The lowest BCUT2D eigenvalue weighted by Gasteiger charge is -2.28. The normalized spacial score (nSPS) is 20.8. The molecule has 0 radical (unpaired) electrons. The highest BCUT2D eigenvalue weighted by atomic mass is 16.4. The molecule has 2 aliphatic rings. The van der Waals surface area contributed by atoms with Gasteiger partial charge in [0, 0.05) is 25.7 Å². The molecule has 1 aliphatic heterocycles. The molecule has 0 aromatic heterocycles. The highest BCUT2D eigenvalue weighted by Gasteiger charge is 2.55. The molecule has 1 aliphatic carbocycles. The quantitative estimate of drug-likeness (QED) is 0.160. The van der Waals surface area contributed by atoms with Gasteiger partial charge in [0.25, 0.3) is 5.91 Å². The Morgan fingerprint density at radius 1 is 0.762 bits per heavy atom. The van der Waals surface area contributed by atoms with E-state index in [0.717, 1.165) is 19.6 Å². The SMILES string of the molecule is O=C(NCNC1C2CN(Cc3ccccc3)CC21)C(O)(c1ccccc1)c1ccccc1.O=C(O)C(O)C(O)C(=O)O. The van der Waals surface area contributed by atoms with E-state index in [1.807, 2.05) is 36.4 Å². The van der Waals surface area contributed by atoms with Crippen LogP contribution < -0.4 is 10.6 Å². The van der Waals surface area contributed by atoms with Gasteiger partial charge in [0.15, 0.2) is 17.8 Å². The van der Waals surface area contributed by atoms with Crippen molar-refractivity contribution in [2.24, 2.45) is 11.8 Å². The molecular weight excluding hydrogens is 542 g/mol. The highest BCUT2D eigenvalue weighted by Crippen LogP contribution is 2.45. The number of fused-ring (bicyclic) bond motifs is 1. The lowest BCUT2D eigenvalue weighted by atomic mass is 9.85. The Labute approximate surface area is 243 Å². The van der Waals surface area contributed by atoms with E-state index in [9.17, 15) is 19.5 Å². The Kier molecular flexibility index (Phi) is 10.0. The lowest BCUT2D eigenvalue weighted by Crippen LogP contribution is -2.48. The molecule has 5 rings (SSSR count). The van der Waals surface area contributed by atoms with Crippen LogP contribution in [0.2, 0.25) is 0 Å². The van der Waals surface area contributed by atoms with Crippen molar-refractivity contribution >= 4 is 17.8 Å². The number of hydrogen-bond acceptors (Lipinski definition) is 8. The molecule has 42 heavy (non-hydrogen) atoms. The molecule has 4 unspecified atom stereocenters. The number of amides is 1. The van der Waals surface area contributed by atoms with Gasteiger partial charge in [-0.15, -0.1) is 0 Å². The van der Waals surface area contributed by atoms with E-state index in [0.29, 0.717) is 35.7 Å². The number of carboxylic acid groups (broad SMARTS) is 2. The minimum absolute atomic E-state index is 0.344. The molecule has 1 amide bonds. The number of likely N-dealkylation sites (tertiary alicyclic amines) is 1. The van der Waals surface area contributed by atoms with Crippen LogP contribution in [0.4, 0.5) is 0 Å². The number of aliphatic carboxylic acids is 2. The van der Waals surface area contributed by atoms with E-state index in [4.69, 9.17) is 20.4 Å². The van der Waals surface area contributed by atoms with Crippen molar-refractivity contribution in [1.29, 1.82) is 0 Å². The van der Waals surface area contributed by atoms with Crippen molar-refractivity contribution in [1.82, 2.24) is 15.5 Å². The zero-order valence-corrected chi connectivity index (χ0v) is 22.8. The molecule has 3 aromatic rings. The van der Waals surface area contributed by atoms with E-state index >= 15 is 0 Å². The average Bonchev–Trinajstić information content (AvgIpc) is 3.46. The Balaban J connectivity index is 0.000000349. The van der Waals surface area contributed by atoms with Gasteiger partial charge in [-0.2, -0.15) is 0 Å². The number of hydrogen-bond donors (Lipinski definition) is 7. The number of rotatable bonds is 11. The highest BCUT2D eigenvalue weighted by molar-refractivity contribution is 5.90. The summed E-state index contributed by atoms with van der Waals surface area (Å²) in [5.41, 5.74) is 0.745. The van der Waals surface area contributed by atoms with Crippen LogP contribution in [0.3, 0.4) is 0 Å². The van der Waals surface area contributed by atoms with Gasteiger partial charge < -0.3 is 30.8 Å². The summed E-state index contributed by atoms with van der Waals surface area (Å²) >= 11 is 0. The van der Waals surface area contributed by atoms with Gasteiger partial charge in [0.05, 0.1) is 6.67 Å². The number of nitrogens with zero attached hydrogens (tertiary/aromatic N) is 1. The number of carbonyl (C=O) groups is 3. The Morgan fingerprint density at radius 2 is 1.19 bits per heavy atom. The van der Waals surface area contributed by atoms with Crippen molar-refractivity contribution in [3.05, 3.63) is 108 Å². The van der Waals surface area contributed by atoms with Crippen LogP contribution in [0.1, 0.15) is 16.7 Å². The number of aliphatic hydroxyl groups excluding tert-OH is 2. The van der Waals surface area contributed by atoms with Crippen molar-refractivity contribution in [2.75, 3.05) is 19.8 Å². The molecule has 1 saturated carbocycles. The molecule has 1 heterocycles. The summed E-state index contributed by atoms with van der Waals surface area (Å²) in [6.07, 6.45) is -4.53. The van der Waals surface area contributed by atoms with Gasteiger partial charge in [0.1, 0.15) is 0 Å². The van der Waals surface area contributed by atoms with Gasteiger partial charge in [-0.25, -0.2) is 9.59 Å². The Bertz CT molecular complexity index is 1270. The summed E-state index contributed by atoms with van der Waals surface area (Å²) in [5, 5.41) is 50.4. The number of nitrogens with one attached hydrogen (secondary N) is 2. The van der Waals surface area contributed by atoms with E-state index in [1.165, 1.54) is 5.56 Å². The summed E-state index contributed by atoms with van der Waals surface area (Å²) in [5.74, 6) is -2.68. The van der Waals surface area contributed by atoms with Crippen molar-refractivity contribution < 1.29 is 39.9 Å². The van der Waals surface area contributed by atoms with E-state index < -0.39 is 35.7 Å². The number of aliphatic hydroxyl groups is 3. The van der Waals surface area contributed by atoms with Crippen molar-refractivity contribution in [3.8, 4) is 0 Å². The zero-order chi connectivity index (χ0) is 30.3. The largest absolute Gasteiger partial charge is 0.479 e. The summed E-state index contributed by atoms with van der Waals surface area (Å²) < 4.78 is 0. The predicted octanol–water partition coefficient (Wildman–Crippen LogP) is 0.594. The first kappa shape index (κ1) is 30.8. The first-order valence-electron chi connectivity index (χ1n) is 13.6. The van der Waals surface area contributed by atoms with Crippen LogP contribution in [0.25, 0.3) is 0 Å². The van der Waals surface area contributed by atoms with Gasteiger partial charge in [-0.05, 0) is 28.5 Å². The standard InChI is InChI=1S/C27H29N3O2.C4H6O6/c31-26(27(32,21-12-6-2-7-13-21)22-14-8-3-9-15-22)29-19-28-25-23-17-30(18-24(23)25)16-20-10-4-1-5-11-20;5-1(3(7)8)2(6)4(9)10/h1-15,23-25,28,32H,16-19H2,(H,29,31);1-2,5-6H,(H,7,8)(H,9,10). The van der Waals surface area contributed by atoms with Crippen LogP contribution in [0.5, 0.6) is 0 Å². The molecule has 0 spiro atoms. The molecule has 7 N–H and O–H groups in total. The average molecular weight is 578 g/mol. The molecular formula is C31H35N3O8. The van der Waals surface area contributed by atoms with E-state index in [-0.39, 0.29) is 0 Å². The molecule has 11 heteroatoms. The fourth-order valence-corrected chi connectivity index (χ4v) is 5.32. The second-order valence-electron chi connectivity index (χ2n) is 10.4. The minimum atomic E-state index is -2.27. The maximum atomic E-state index is 13.2. The molecule has 3 aromatic carbocycles. The molecule has 11 nitrogen and oxygen atoms in total. The van der Waals surface area contributed by atoms with Gasteiger partial charge in [-0.3, -0.25) is 15.0 Å². The summed E-state index contributed by atoms with van der Waals surface area (Å²) in [6.45, 7) is 3.52. The third-order valence-electron chi connectivity index (χ3n) is 7.62. The third-order valence-corrected chi connectivity index (χ3v) is 7.62. The molecule has 0 bridgehead atoms. The van der Waals surface area contributed by atoms with Gasteiger partial charge in [-0.1, -0.05) is 91.0 Å². The second kappa shape index (κ2) is 13.7. The van der Waals surface area contributed by atoms with Crippen LogP contribution in [-0.2, 0) is 26.5 Å². The topological polar surface area (TPSA) is 180 Å². The number of piperidine rings is 1. The van der Waals surface area contributed by atoms with Crippen LogP contribution in [0.15, 0.2) is 91.0 Å². The number of benzene rings is 3. The smallest absolute Gasteiger partial charge is 0.335 e. The maximum absolute atomic E-state index is 13.2. The summed E-state index contributed by atoms with van der Waals surface area (Å²) in [6, 6.07) is 29.2. The van der Waals surface area contributed by atoms with Crippen molar-refractivity contribution in [3.63, 3.8) is 0 Å². The number of carboxylic acids is 2. The van der Waals surface area contributed by atoms with Crippen molar-refractivity contribution in [2.45, 2.75) is 30.4 Å². The molecule has 1 saturated heterocycles. The molecule has 2 fully saturated rings. The first-order chi connectivity index (χ1) is 20.1. The van der Waals surface area contributed by atoms with E-state index in [1.54, 1.807) is 24.3 Å². The zero-order valence-electron chi connectivity index (χ0n) is 22.8. The molecule has 222 valence electrons. The van der Waals surface area contributed by atoms with Crippen LogP contribution >= 0.6 is 0 Å². The van der Waals surface area contributed by atoms with E-state index in [2.05, 4.69) is 45.9 Å². The fourth-order valence-electron chi connectivity index (χ4n) is 5.32. The van der Waals surface area contributed by atoms with Crippen LogP contribution in [-0.4, -0.2) is 86.3 Å². The first-order valence-corrected chi connectivity index (χ1v) is 13.6. The number of carbonyl (C=O) groups excluding carboxylic acids is 1. The summed E-state index contributed by atoms with van der Waals surface area (Å²) in [4.78, 5) is 35.2. The molecule has 4 atom stereocenters. The third kappa shape index (κ3) is 7.19. The minimum Gasteiger partial charge on any atom is -0.479 e. The van der Waals surface area contributed by atoms with Gasteiger partial charge in [0.2, 0.25) is 0 Å².